The minimum atomic E-state index is -0.953. The normalized spacial score (nSPS) is 11.0. The Morgan fingerprint density at radius 3 is 2.67 bits per heavy atom. The number of rotatable bonds is 7. The van der Waals surface area contributed by atoms with Gasteiger partial charge in [-0.2, -0.15) is 5.10 Å². The monoisotopic (exact) mass is 288 g/mol. The lowest BCUT2D eigenvalue weighted by Gasteiger charge is -2.22. The molecule has 1 heterocycles. The summed E-state index contributed by atoms with van der Waals surface area (Å²) < 4.78 is 1.61. The molecule has 21 heavy (non-hydrogen) atoms. The molecule has 0 fully saturated rings. The third-order valence-corrected chi connectivity index (χ3v) is 3.36. The molecule has 112 valence electrons. The molecule has 6 nitrogen and oxygen atoms in total. The SMILES string of the molecule is Cn1ncc(C(=O)O)c1CN(CCN)Cc1ccccc1. The fourth-order valence-electron chi connectivity index (χ4n) is 2.28. The van der Waals surface area contributed by atoms with Gasteiger partial charge >= 0.3 is 5.97 Å². The average Bonchev–Trinajstić information content (AvgIpc) is 2.82. The molecular weight excluding hydrogens is 268 g/mol. The van der Waals surface area contributed by atoms with Crippen molar-refractivity contribution in [1.29, 1.82) is 0 Å². The fraction of sp³-hybridized carbons (Fsp3) is 0.333. The molecule has 6 heteroatoms. The van der Waals surface area contributed by atoms with E-state index in [0.29, 0.717) is 25.3 Å². The topological polar surface area (TPSA) is 84.4 Å². The first-order valence-corrected chi connectivity index (χ1v) is 6.82. The number of nitrogens with zero attached hydrogens (tertiary/aromatic N) is 3. The summed E-state index contributed by atoms with van der Waals surface area (Å²) in [6.07, 6.45) is 1.39. The van der Waals surface area contributed by atoms with E-state index in [1.807, 2.05) is 30.3 Å². The summed E-state index contributed by atoms with van der Waals surface area (Å²) >= 11 is 0. The zero-order valence-electron chi connectivity index (χ0n) is 12.1. The minimum Gasteiger partial charge on any atom is -0.478 e. The second kappa shape index (κ2) is 7.01. The highest BCUT2D eigenvalue weighted by Crippen LogP contribution is 2.13. The van der Waals surface area contributed by atoms with E-state index in [0.717, 1.165) is 6.54 Å². The van der Waals surface area contributed by atoms with Gasteiger partial charge in [-0.25, -0.2) is 4.79 Å². The minimum absolute atomic E-state index is 0.243. The number of carboxylic acids is 1. The molecule has 0 spiro atoms. The van der Waals surface area contributed by atoms with Crippen LogP contribution in [0.2, 0.25) is 0 Å². The van der Waals surface area contributed by atoms with E-state index in [9.17, 15) is 9.90 Å². The van der Waals surface area contributed by atoms with Crippen LogP contribution in [-0.4, -0.2) is 38.8 Å². The van der Waals surface area contributed by atoms with E-state index in [2.05, 4.69) is 10.00 Å². The number of nitrogens with two attached hydrogens (primary N) is 1. The number of aromatic nitrogens is 2. The van der Waals surface area contributed by atoms with Gasteiger partial charge in [0.1, 0.15) is 5.56 Å². The fourth-order valence-corrected chi connectivity index (χ4v) is 2.28. The molecule has 0 bridgehead atoms. The number of benzene rings is 1. The van der Waals surface area contributed by atoms with Gasteiger partial charge in [-0.15, -0.1) is 0 Å². The molecular formula is C15H20N4O2. The lowest BCUT2D eigenvalue weighted by molar-refractivity contribution is 0.0694. The van der Waals surface area contributed by atoms with E-state index in [4.69, 9.17) is 5.73 Å². The van der Waals surface area contributed by atoms with Gasteiger partial charge in [-0.1, -0.05) is 30.3 Å². The van der Waals surface area contributed by atoms with Gasteiger partial charge < -0.3 is 10.8 Å². The third-order valence-electron chi connectivity index (χ3n) is 3.36. The Morgan fingerprint density at radius 1 is 1.33 bits per heavy atom. The maximum atomic E-state index is 11.2. The zero-order valence-corrected chi connectivity index (χ0v) is 12.1. The molecule has 1 aromatic carbocycles. The number of hydrogen-bond acceptors (Lipinski definition) is 4. The Labute approximate surface area is 123 Å². The summed E-state index contributed by atoms with van der Waals surface area (Å²) in [5, 5.41) is 13.3. The molecule has 0 aliphatic heterocycles. The average molecular weight is 288 g/mol. The summed E-state index contributed by atoms with van der Waals surface area (Å²) in [4.78, 5) is 13.4. The maximum absolute atomic E-state index is 11.2. The van der Waals surface area contributed by atoms with Crippen molar-refractivity contribution in [1.82, 2.24) is 14.7 Å². The summed E-state index contributed by atoms with van der Waals surface area (Å²) in [6, 6.07) is 10.0. The molecule has 0 radical (unpaired) electrons. The molecule has 0 aliphatic rings. The summed E-state index contributed by atoms with van der Waals surface area (Å²) in [6.45, 7) is 2.44. The van der Waals surface area contributed by atoms with Gasteiger partial charge in [-0.05, 0) is 5.56 Å². The molecule has 0 saturated carbocycles. The van der Waals surface area contributed by atoms with Crippen LogP contribution in [0.3, 0.4) is 0 Å². The van der Waals surface area contributed by atoms with Crippen molar-refractivity contribution < 1.29 is 9.90 Å². The number of hydrogen-bond donors (Lipinski definition) is 2. The summed E-state index contributed by atoms with van der Waals surface area (Å²) in [7, 11) is 1.75. The zero-order chi connectivity index (χ0) is 15.2. The van der Waals surface area contributed by atoms with E-state index < -0.39 is 5.97 Å². The maximum Gasteiger partial charge on any atom is 0.339 e. The van der Waals surface area contributed by atoms with Gasteiger partial charge in [-0.3, -0.25) is 9.58 Å². The van der Waals surface area contributed by atoms with E-state index in [1.165, 1.54) is 11.8 Å². The van der Waals surface area contributed by atoms with Crippen LogP contribution in [0.1, 0.15) is 21.6 Å². The van der Waals surface area contributed by atoms with Crippen LogP contribution < -0.4 is 5.73 Å². The smallest absolute Gasteiger partial charge is 0.339 e. The lowest BCUT2D eigenvalue weighted by Crippen LogP contribution is -2.30. The molecule has 2 aromatic rings. The van der Waals surface area contributed by atoms with Crippen molar-refractivity contribution in [3.05, 3.63) is 53.3 Å². The van der Waals surface area contributed by atoms with E-state index >= 15 is 0 Å². The lowest BCUT2D eigenvalue weighted by atomic mass is 10.2. The van der Waals surface area contributed by atoms with Crippen LogP contribution in [0.5, 0.6) is 0 Å². The largest absolute Gasteiger partial charge is 0.478 e. The second-order valence-corrected chi connectivity index (χ2v) is 4.92. The highest BCUT2D eigenvalue weighted by atomic mass is 16.4. The molecule has 1 aromatic heterocycles. The van der Waals surface area contributed by atoms with Gasteiger partial charge in [0.25, 0.3) is 0 Å². The number of aromatic carboxylic acids is 1. The second-order valence-electron chi connectivity index (χ2n) is 4.92. The first-order valence-electron chi connectivity index (χ1n) is 6.82. The van der Waals surface area contributed by atoms with Crippen LogP contribution in [0.4, 0.5) is 0 Å². The Morgan fingerprint density at radius 2 is 2.05 bits per heavy atom. The van der Waals surface area contributed by atoms with Crippen LogP contribution in [0.25, 0.3) is 0 Å². The molecule has 3 N–H and O–H groups in total. The van der Waals surface area contributed by atoms with Crippen LogP contribution in [0, 0.1) is 0 Å². The molecule has 0 unspecified atom stereocenters. The Kier molecular flexibility index (Phi) is 5.08. The molecule has 0 saturated heterocycles. The molecule has 0 aliphatic carbocycles. The summed E-state index contributed by atoms with van der Waals surface area (Å²) in [5.41, 5.74) is 7.77. The van der Waals surface area contributed by atoms with Crippen LogP contribution >= 0.6 is 0 Å². The van der Waals surface area contributed by atoms with E-state index in [-0.39, 0.29) is 5.56 Å². The van der Waals surface area contributed by atoms with Gasteiger partial charge in [0.2, 0.25) is 0 Å². The van der Waals surface area contributed by atoms with Crippen molar-refractivity contribution in [3.8, 4) is 0 Å². The Hall–Kier alpha value is -2.18. The quantitative estimate of drug-likeness (QED) is 0.796. The van der Waals surface area contributed by atoms with Crippen LogP contribution in [0.15, 0.2) is 36.5 Å². The number of carbonyl (C=O) groups is 1. The van der Waals surface area contributed by atoms with Crippen LogP contribution in [-0.2, 0) is 20.1 Å². The van der Waals surface area contributed by atoms with Crippen molar-refractivity contribution in [3.63, 3.8) is 0 Å². The molecule has 0 amide bonds. The highest BCUT2D eigenvalue weighted by molar-refractivity contribution is 5.88. The first-order chi connectivity index (χ1) is 10.1. The van der Waals surface area contributed by atoms with Crippen molar-refractivity contribution >= 4 is 5.97 Å². The number of carboxylic acid groups (broad SMARTS) is 1. The summed E-state index contributed by atoms with van der Waals surface area (Å²) in [5.74, 6) is -0.953. The standard InChI is InChI=1S/C15H20N4O2/c1-18-14(13(9-17-18)15(20)21)11-19(8-7-16)10-12-5-3-2-4-6-12/h2-6,9H,7-8,10-11,16H2,1H3,(H,20,21). The van der Waals surface area contributed by atoms with Gasteiger partial charge in [0.05, 0.1) is 11.9 Å². The highest BCUT2D eigenvalue weighted by Gasteiger charge is 2.17. The van der Waals surface area contributed by atoms with Gasteiger partial charge in [0.15, 0.2) is 0 Å². The van der Waals surface area contributed by atoms with E-state index in [1.54, 1.807) is 11.7 Å². The Bertz CT molecular complexity index is 595. The Balaban J connectivity index is 2.16. The molecule has 2 rings (SSSR count). The predicted molar refractivity (Wildman–Crippen MR) is 79.8 cm³/mol. The van der Waals surface area contributed by atoms with Crippen molar-refractivity contribution in [2.75, 3.05) is 13.1 Å². The third kappa shape index (κ3) is 3.90. The first kappa shape index (κ1) is 15.2. The van der Waals surface area contributed by atoms with Crippen molar-refractivity contribution in [2.24, 2.45) is 12.8 Å². The number of aryl methyl sites for hydroxylation is 1. The molecule has 0 atom stereocenters. The predicted octanol–water partition coefficient (Wildman–Crippen LogP) is 1.08. The van der Waals surface area contributed by atoms with Gasteiger partial charge in [0, 0.05) is 33.2 Å². The van der Waals surface area contributed by atoms with Crippen molar-refractivity contribution in [2.45, 2.75) is 13.1 Å².